The van der Waals surface area contributed by atoms with Gasteiger partial charge in [-0.25, -0.2) is 5.43 Å². The van der Waals surface area contributed by atoms with Gasteiger partial charge in [0.2, 0.25) is 0 Å². The van der Waals surface area contributed by atoms with Gasteiger partial charge in [0, 0.05) is 5.56 Å². The number of nitrogens with zero attached hydrogens (tertiary/aromatic N) is 1. The average molecular weight is 565 g/mol. The van der Waals surface area contributed by atoms with E-state index < -0.39 is 16.0 Å². The summed E-state index contributed by atoms with van der Waals surface area (Å²) in [7, 11) is -4.14. The fraction of sp³-hybridized carbons (Fsp3) is 0.231. The van der Waals surface area contributed by atoms with Crippen molar-refractivity contribution < 1.29 is 26.9 Å². The highest BCUT2D eigenvalue weighted by Crippen LogP contribution is 2.36. The quantitative estimate of drug-likeness (QED) is 0.173. The first-order valence-electron chi connectivity index (χ1n) is 11.4. The molecule has 0 heterocycles. The second-order valence-electron chi connectivity index (χ2n) is 7.81. The number of rotatable bonds is 11. The van der Waals surface area contributed by atoms with Crippen LogP contribution in [-0.4, -0.2) is 33.8 Å². The zero-order chi connectivity index (χ0) is 27.0. The highest BCUT2D eigenvalue weighted by atomic mass is 35.5. The fourth-order valence-corrected chi connectivity index (χ4v) is 4.71. The molecular weight excluding hydrogens is 539 g/mol. The lowest BCUT2D eigenvalue weighted by Crippen LogP contribution is -2.17. The van der Waals surface area contributed by atoms with Gasteiger partial charge in [0.25, 0.3) is 5.91 Å². The van der Waals surface area contributed by atoms with Crippen LogP contribution in [0.1, 0.15) is 41.8 Å². The minimum atomic E-state index is -4.14. The molecule has 0 bridgehead atoms. The molecule has 11 heteroatoms. The number of benzene rings is 3. The summed E-state index contributed by atoms with van der Waals surface area (Å²) >= 11 is 12.5. The zero-order valence-electron chi connectivity index (χ0n) is 20.5. The molecule has 0 unspecified atom stereocenters. The van der Waals surface area contributed by atoms with Crippen molar-refractivity contribution in [3.05, 3.63) is 81.3 Å². The van der Waals surface area contributed by atoms with Crippen LogP contribution in [0, 0.1) is 6.92 Å². The minimum Gasteiger partial charge on any atom is -0.490 e. The van der Waals surface area contributed by atoms with Crippen LogP contribution >= 0.6 is 23.2 Å². The Balaban J connectivity index is 1.71. The third-order valence-electron chi connectivity index (χ3n) is 4.87. The van der Waals surface area contributed by atoms with Gasteiger partial charge in [-0.05, 0) is 68.3 Å². The summed E-state index contributed by atoms with van der Waals surface area (Å²) in [6.45, 7) is 6.62. The largest absolute Gasteiger partial charge is 0.490 e. The van der Waals surface area contributed by atoms with Crippen molar-refractivity contribution >= 4 is 45.4 Å². The molecule has 0 spiro atoms. The summed E-state index contributed by atoms with van der Waals surface area (Å²) in [4.78, 5) is 12.5. The molecule has 1 N–H and O–H groups in total. The van der Waals surface area contributed by atoms with Crippen LogP contribution in [-0.2, 0) is 10.1 Å². The number of carbonyl (C=O) groups excluding carboxylic acids is 1. The van der Waals surface area contributed by atoms with Crippen molar-refractivity contribution in [3.8, 4) is 17.2 Å². The van der Waals surface area contributed by atoms with E-state index in [1.165, 1.54) is 30.5 Å². The second-order valence-corrected chi connectivity index (χ2v) is 10.2. The molecule has 0 aliphatic carbocycles. The molecule has 37 heavy (non-hydrogen) atoms. The normalized spacial score (nSPS) is 11.4. The first-order chi connectivity index (χ1) is 17.6. The third kappa shape index (κ3) is 7.61. The summed E-state index contributed by atoms with van der Waals surface area (Å²) < 4.78 is 41.6. The summed E-state index contributed by atoms with van der Waals surface area (Å²) in [5.74, 6) is 0.335. The SMILES string of the molecule is CCCOc1ccc(C(=O)N/N=C/c2cc(Cl)c(OS(=O)(=O)c3ccc(C)cc3)c(Cl)c2)cc1OCC. The van der Waals surface area contributed by atoms with Gasteiger partial charge in [-0.2, -0.15) is 13.5 Å². The number of hydrazone groups is 1. The standard InChI is InChI=1S/C26H26Cl2N2O6S/c1-4-12-35-23-11-8-19(15-24(23)34-5-2)26(31)30-29-16-18-13-21(27)25(22(28)14-18)36-37(32,33)20-9-6-17(3)7-10-20/h6-11,13-16H,4-5,12H2,1-3H3,(H,30,31)/b29-16+. The summed E-state index contributed by atoms with van der Waals surface area (Å²) in [6.07, 6.45) is 2.16. The predicted molar refractivity (Wildman–Crippen MR) is 144 cm³/mol. The van der Waals surface area contributed by atoms with E-state index in [4.69, 9.17) is 36.9 Å². The van der Waals surface area contributed by atoms with Gasteiger partial charge in [0.15, 0.2) is 17.2 Å². The lowest BCUT2D eigenvalue weighted by molar-refractivity contribution is 0.0954. The molecule has 3 aromatic rings. The van der Waals surface area contributed by atoms with E-state index in [-0.39, 0.29) is 20.7 Å². The van der Waals surface area contributed by atoms with Gasteiger partial charge in [0.1, 0.15) is 4.90 Å². The maximum absolute atomic E-state index is 12.6. The first kappa shape index (κ1) is 28.3. The molecule has 3 rings (SSSR count). The molecule has 3 aromatic carbocycles. The van der Waals surface area contributed by atoms with Crippen LogP contribution in [0.3, 0.4) is 0 Å². The van der Waals surface area contributed by atoms with E-state index in [1.54, 1.807) is 30.3 Å². The Kier molecular flexibility index (Phi) is 9.79. The summed E-state index contributed by atoms with van der Waals surface area (Å²) in [5, 5.41) is 3.85. The van der Waals surface area contributed by atoms with Gasteiger partial charge < -0.3 is 13.7 Å². The van der Waals surface area contributed by atoms with Crippen LogP contribution in [0.25, 0.3) is 0 Å². The number of hydrogen-bond donors (Lipinski definition) is 1. The smallest absolute Gasteiger partial charge is 0.339 e. The molecule has 0 aromatic heterocycles. The number of hydrogen-bond acceptors (Lipinski definition) is 7. The second kappa shape index (κ2) is 12.8. The lowest BCUT2D eigenvalue weighted by Gasteiger charge is -2.12. The number of halogens is 2. The number of nitrogens with one attached hydrogen (secondary N) is 1. The first-order valence-corrected chi connectivity index (χ1v) is 13.5. The van der Waals surface area contributed by atoms with Crippen molar-refractivity contribution in [2.24, 2.45) is 5.10 Å². The highest BCUT2D eigenvalue weighted by molar-refractivity contribution is 7.87. The van der Waals surface area contributed by atoms with Crippen LogP contribution in [0.15, 0.2) is 64.6 Å². The Hall–Kier alpha value is -3.27. The van der Waals surface area contributed by atoms with Crippen molar-refractivity contribution in [1.29, 1.82) is 0 Å². The molecule has 0 fully saturated rings. The van der Waals surface area contributed by atoms with Crippen molar-refractivity contribution in [3.63, 3.8) is 0 Å². The molecule has 1 amide bonds. The Morgan fingerprint density at radius 1 is 0.973 bits per heavy atom. The van der Waals surface area contributed by atoms with Crippen molar-refractivity contribution in [1.82, 2.24) is 5.43 Å². The van der Waals surface area contributed by atoms with E-state index in [1.807, 2.05) is 20.8 Å². The number of aryl methyl sites for hydroxylation is 1. The van der Waals surface area contributed by atoms with E-state index in [9.17, 15) is 13.2 Å². The fourth-order valence-electron chi connectivity index (χ4n) is 3.08. The Labute approximate surface area is 226 Å². The van der Waals surface area contributed by atoms with E-state index in [0.717, 1.165) is 12.0 Å². The zero-order valence-corrected chi connectivity index (χ0v) is 22.8. The van der Waals surface area contributed by atoms with Crippen molar-refractivity contribution in [2.45, 2.75) is 32.1 Å². The molecule has 0 saturated heterocycles. The molecule has 0 radical (unpaired) electrons. The summed E-state index contributed by atoms with van der Waals surface area (Å²) in [6, 6.07) is 13.8. The van der Waals surface area contributed by atoms with Crippen LogP contribution < -0.4 is 19.1 Å². The van der Waals surface area contributed by atoms with E-state index >= 15 is 0 Å². The molecule has 0 aliphatic heterocycles. The highest BCUT2D eigenvalue weighted by Gasteiger charge is 2.21. The average Bonchev–Trinajstić information content (AvgIpc) is 2.86. The number of carbonyl (C=O) groups is 1. The third-order valence-corrected chi connectivity index (χ3v) is 6.67. The molecule has 196 valence electrons. The van der Waals surface area contributed by atoms with Crippen LogP contribution in [0.2, 0.25) is 10.0 Å². The maximum atomic E-state index is 12.6. The lowest BCUT2D eigenvalue weighted by atomic mass is 10.2. The Morgan fingerprint density at radius 2 is 1.65 bits per heavy atom. The molecule has 0 saturated carbocycles. The van der Waals surface area contributed by atoms with Crippen LogP contribution in [0.5, 0.6) is 17.2 Å². The van der Waals surface area contributed by atoms with Gasteiger partial charge in [-0.15, -0.1) is 0 Å². The van der Waals surface area contributed by atoms with Crippen molar-refractivity contribution in [2.75, 3.05) is 13.2 Å². The van der Waals surface area contributed by atoms with E-state index in [2.05, 4.69) is 10.5 Å². The minimum absolute atomic E-state index is 0.0314. The predicted octanol–water partition coefficient (Wildman–Crippen LogP) is 6.02. The topological polar surface area (TPSA) is 103 Å². The molecule has 8 nitrogen and oxygen atoms in total. The van der Waals surface area contributed by atoms with Gasteiger partial charge in [-0.1, -0.05) is 47.8 Å². The summed E-state index contributed by atoms with van der Waals surface area (Å²) in [5.41, 5.74) is 4.05. The van der Waals surface area contributed by atoms with Gasteiger partial charge in [-0.3, -0.25) is 4.79 Å². The number of ether oxygens (including phenoxy) is 2. The Bertz CT molecular complexity index is 1370. The number of amides is 1. The monoisotopic (exact) mass is 564 g/mol. The molecular formula is C26H26Cl2N2O6S. The maximum Gasteiger partial charge on any atom is 0.339 e. The molecule has 0 aliphatic rings. The molecule has 0 atom stereocenters. The van der Waals surface area contributed by atoms with Gasteiger partial charge >= 0.3 is 10.1 Å². The van der Waals surface area contributed by atoms with E-state index in [0.29, 0.717) is 35.8 Å². The Morgan fingerprint density at radius 3 is 2.27 bits per heavy atom. The van der Waals surface area contributed by atoms with Gasteiger partial charge in [0.05, 0.1) is 29.5 Å². The van der Waals surface area contributed by atoms with Crippen LogP contribution in [0.4, 0.5) is 0 Å².